The zero-order valence-corrected chi connectivity index (χ0v) is 8.81. The Balaban J connectivity index is 1.94. The van der Waals surface area contributed by atoms with Gasteiger partial charge in [0, 0.05) is 5.56 Å². The molecule has 1 aromatic rings. The van der Waals surface area contributed by atoms with E-state index in [-0.39, 0.29) is 17.7 Å². The Bertz CT molecular complexity index is 452. The van der Waals surface area contributed by atoms with Crippen molar-refractivity contribution < 1.29 is 14.3 Å². The van der Waals surface area contributed by atoms with Crippen LogP contribution < -0.4 is 0 Å². The van der Waals surface area contributed by atoms with Gasteiger partial charge in [-0.15, -0.1) is 0 Å². The molecule has 3 rings (SSSR count). The first-order chi connectivity index (χ1) is 7.75. The van der Waals surface area contributed by atoms with Crippen molar-refractivity contribution in [1.29, 1.82) is 0 Å². The van der Waals surface area contributed by atoms with Crippen LogP contribution in [0.4, 0.5) is 0 Å². The lowest BCUT2D eigenvalue weighted by atomic mass is 9.90. The summed E-state index contributed by atoms with van der Waals surface area (Å²) < 4.78 is 5.02. The predicted octanol–water partition coefficient (Wildman–Crippen LogP) is 1.82. The Kier molecular flexibility index (Phi) is 1.90. The van der Waals surface area contributed by atoms with E-state index in [1.165, 1.54) is 0 Å². The van der Waals surface area contributed by atoms with Gasteiger partial charge in [0.2, 0.25) is 0 Å². The van der Waals surface area contributed by atoms with E-state index in [1.54, 1.807) is 12.1 Å². The van der Waals surface area contributed by atoms with Gasteiger partial charge in [-0.1, -0.05) is 30.3 Å². The van der Waals surface area contributed by atoms with Crippen LogP contribution >= 0.6 is 0 Å². The average molecular weight is 216 g/mol. The topological polar surface area (TPSA) is 43.4 Å². The van der Waals surface area contributed by atoms with Gasteiger partial charge in [-0.05, 0) is 18.8 Å². The molecule has 1 saturated heterocycles. The Labute approximate surface area is 93.4 Å². The first-order valence-corrected chi connectivity index (χ1v) is 5.52. The number of hydrogen-bond donors (Lipinski definition) is 0. The molecule has 1 aliphatic heterocycles. The van der Waals surface area contributed by atoms with Crippen LogP contribution in [0.15, 0.2) is 30.3 Å². The smallest absolute Gasteiger partial charge is 0.320 e. The number of rotatable bonds is 2. The molecule has 1 saturated carbocycles. The molecule has 1 aromatic carbocycles. The number of esters is 1. The lowest BCUT2D eigenvalue weighted by Crippen LogP contribution is -2.33. The van der Waals surface area contributed by atoms with E-state index < -0.39 is 5.41 Å². The quantitative estimate of drug-likeness (QED) is 0.430. The fourth-order valence-corrected chi connectivity index (χ4v) is 2.57. The van der Waals surface area contributed by atoms with E-state index in [0.717, 1.165) is 6.42 Å². The zero-order valence-electron chi connectivity index (χ0n) is 8.81. The summed E-state index contributed by atoms with van der Waals surface area (Å²) in [5, 5.41) is 0. The second-order valence-electron chi connectivity index (χ2n) is 4.49. The SMILES string of the molecule is O=C1OCCC2CC12C(=O)c1ccccc1. The molecule has 2 aliphatic rings. The van der Waals surface area contributed by atoms with Crippen LogP contribution in [0, 0.1) is 11.3 Å². The number of hydrogen-bond acceptors (Lipinski definition) is 3. The molecule has 16 heavy (non-hydrogen) atoms. The molecule has 2 atom stereocenters. The third-order valence-corrected chi connectivity index (χ3v) is 3.61. The van der Waals surface area contributed by atoms with Crippen LogP contribution in [0.25, 0.3) is 0 Å². The highest BCUT2D eigenvalue weighted by molar-refractivity contribution is 6.15. The van der Waals surface area contributed by atoms with Crippen molar-refractivity contribution >= 4 is 11.8 Å². The molecule has 2 fully saturated rings. The summed E-state index contributed by atoms with van der Waals surface area (Å²) in [6, 6.07) is 9.01. The van der Waals surface area contributed by atoms with Gasteiger partial charge in [0.05, 0.1) is 6.61 Å². The largest absolute Gasteiger partial charge is 0.465 e. The van der Waals surface area contributed by atoms with Crippen LogP contribution in [0.2, 0.25) is 0 Å². The Morgan fingerprint density at radius 3 is 2.75 bits per heavy atom. The van der Waals surface area contributed by atoms with E-state index in [0.29, 0.717) is 18.6 Å². The minimum absolute atomic E-state index is 0.0669. The van der Waals surface area contributed by atoms with E-state index in [9.17, 15) is 9.59 Å². The number of benzene rings is 1. The first kappa shape index (κ1) is 9.58. The maximum Gasteiger partial charge on any atom is 0.320 e. The molecule has 2 unspecified atom stereocenters. The van der Waals surface area contributed by atoms with Crippen molar-refractivity contribution in [1.82, 2.24) is 0 Å². The highest BCUT2D eigenvalue weighted by atomic mass is 16.5. The Hall–Kier alpha value is -1.64. The van der Waals surface area contributed by atoms with Crippen molar-refractivity contribution in [2.45, 2.75) is 12.8 Å². The van der Waals surface area contributed by atoms with Crippen molar-refractivity contribution in [3.63, 3.8) is 0 Å². The molecule has 0 bridgehead atoms. The summed E-state index contributed by atoms with van der Waals surface area (Å²) in [6.07, 6.45) is 1.49. The third-order valence-electron chi connectivity index (χ3n) is 3.61. The van der Waals surface area contributed by atoms with Crippen LogP contribution in [0.3, 0.4) is 0 Å². The van der Waals surface area contributed by atoms with E-state index in [1.807, 2.05) is 18.2 Å². The number of cyclic esters (lactones) is 1. The second-order valence-corrected chi connectivity index (χ2v) is 4.49. The standard InChI is InChI=1S/C13H12O3/c14-11(9-4-2-1-3-5-9)13-8-10(13)6-7-16-12(13)15/h1-5,10H,6-8H2. The third kappa shape index (κ3) is 1.14. The van der Waals surface area contributed by atoms with Crippen molar-refractivity contribution in [2.24, 2.45) is 11.3 Å². The van der Waals surface area contributed by atoms with Gasteiger partial charge in [-0.3, -0.25) is 9.59 Å². The van der Waals surface area contributed by atoms with Crippen molar-refractivity contribution in [3.05, 3.63) is 35.9 Å². The average Bonchev–Trinajstić information content (AvgIpc) is 3.06. The molecular formula is C13H12O3. The summed E-state index contributed by atoms with van der Waals surface area (Å²) >= 11 is 0. The highest BCUT2D eigenvalue weighted by Gasteiger charge is 2.67. The minimum Gasteiger partial charge on any atom is -0.465 e. The molecule has 3 nitrogen and oxygen atoms in total. The van der Waals surface area contributed by atoms with Gasteiger partial charge in [-0.2, -0.15) is 0 Å². The lowest BCUT2D eigenvalue weighted by molar-refractivity contribution is -0.151. The van der Waals surface area contributed by atoms with Crippen LogP contribution in [-0.4, -0.2) is 18.4 Å². The summed E-state index contributed by atoms with van der Waals surface area (Å²) in [4.78, 5) is 24.0. The molecule has 0 aromatic heterocycles. The molecule has 0 radical (unpaired) electrons. The number of fused-ring (bicyclic) bond motifs is 1. The van der Waals surface area contributed by atoms with E-state index in [4.69, 9.17) is 4.74 Å². The van der Waals surface area contributed by atoms with Crippen molar-refractivity contribution in [2.75, 3.05) is 6.61 Å². The fraction of sp³-hybridized carbons (Fsp3) is 0.385. The van der Waals surface area contributed by atoms with E-state index >= 15 is 0 Å². The fourth-order valence-electron chi connectivity index (χ4n) is 2.57. The first-order valence-electron chi connectivity index (χ1n) is 5.52. The van der Waals surface area contributed by atoms with Crippen molar-refractivity contribution in [3.8, 4) is 0 Å². The molecule has 0 N–H and O–H groups in total. The minimum atomic E-state index is -0.834. The summed E-state index contributed by atoms with van der Waals surface area (Å²) in [6.45, 7) is 0.466. The predicted molar refractivity (Wildman–Crippen MR) is 56.9 cm³/mol. The zero-order chi connectivity index (χ0) is 11.2. The van der Waals surface area contributed by atoms with Gasteiger partial charge in [-0.25, -0.2) is 0 Å². The number of carbonyl (C=O) groups excluding carboxylic acids is 2. The summed E-state index contributed by atoms with van der Waals surface area (Å²) in [5.74, 6) is -0.179. The number of ether oxygens (including phenoxy) is 1. The molecule has 1 aliphatic carbocycles. The van der Waals surface area contributed by atoms with Crippen LogP contribution in [0.5, 0.6) is 0 Å². The molecule has 82 valence electrons. The van der Waals surface area contributed by atoms with Gasteiger partial charge in [0.1, 0.15) is 5.41 Å². The van der Waals surface area contributed by atoms with Gasteiger partial charge >= 0.3 is 5.97 Å². The van der Waals surface area contributed by atoms with Gasteiger partial charge in [0.15, 0.2) is 5.78 Å². The number of carbonyl (C=O) groups is 2. The van der Waals surface area contributed by atoms with E-state index in [2.05, 4.69) is 0 Å². The summed E-state index contributed by atoms with van der Waals surface area (Å²) in [7, 11) is 0. The molecule has 0 spiro atoms. The summed E-state index contributed by atoms with van der Waals surface area (Å²) in [5.41, 5.74) is -0.219. The second kappa shape index (κ2) is 3.17. The normalized spacial score (nSPS) is 31.5. The van der Waals surface area contributed by atoms with Gasteiger partial charge < -0.3 is 4.74 Å². The highest BCUT2D eigenvalue weighted by Crippen LogP contribution is 2.59. The van der Waals surface area contributed by atoms with Crippen LogP contribution in [-0.2, 0) is 9.53 Å². The Morgan fingerprint density at radius 1 is 1.31 bits per heavy atom. The van der Waals surface area contributed by atoms with Crippen LogP contribution in [0.1, 0.15) is 23.2 Å². The number of ketones is 1. The number of Topliss-reactive ketones (excluding diaryl/α,β-unsaturated/α-hetero) is 1. The lowest BCUT2D eigenvalue weighted by Gasteiger charge is -2.19. The molecule has 0 amide bonds. The molecule has 1 heterocycles. The maximum absolute atomic E-state index is 12.3. The maximum atomic E-state index is 12.3. The Morgan fingerprint density at radius 2 is 2.06 bits per heavy atom. The molecular weight excluding hydrogens is 204 g/mol. The molecule has 3 heteroatoms. The van der Waals surface area contributed by atoms with Gasteiger partial charge in [0.25, 0.3) is 0 Å². The monoisotopic (exact) mass is 216 g/mol.